The van der Waals surface area contributed by atoms with Crippen molar-refractivity contribution in [1.29, 1.82) is 0 Å². The maximum atomic E-state index is 10.4. The first-order valence-electron chi connectivity index (χ1n) is 8.69. The van der Waals surface area contributed by atoms with E-state index in [0.717, 1.165) is 17.7 Å². The van der Waals surface area contributed by atoms with E-state index in [1.165, 1.54) is 11.9 Å². The average molecular weight is 416 g/mol. The van der Waals surface area contributed by atoms with Gasteiger partial charge in [0, 0.05) is 5.56 Å². The van der Waals surface area contributed by atoms with Crippen LogP contribution in [0.5, 0.6) is 5.75 Å². The van der Waals surface area contributed by atoms with Gasteiger partial charge in [-0.05, 0) is 43.0 Å². The van der Waals surface area contributed by atoms with Gasteiger partial charge in [0.25, 0.3) is 5.91 Å². The molecule has 0 unspecified atom stereocenters. The highest BCUT2D eigenvalue weighted by Crippen LogP contribution is 2.39. The normalized spacial score (nSPS) is 17.8. The minimum absolute atomic E-state index is 0.196. The van der Waals surface area contributed by atoms with Crippen molar-refractivity contribution in [2.75, 3.05) is 5.32 Å². The van der Waals surface area contributed by atoms with Gasteiger partial charge in [-0.25, -0.2) is 0 Å². The van der Waals surface area contributed by atoms with Gasteiger partial charge in [-0.15, -0.1) is 0 Å². The molecule has 1 aliphatic heterocycles. The summed E-state index contributed by atoms with van der Waals surface area (Å²) in [5.41, 5.74) is 0.931. The first-order chi connectivity index (χ1) is 13.5. The molecule has 0 fully saturated rings. The van der Waals surface area contributed by atoms with Gasteiger partial charge in [-0.2, -0.15) is 4.99 Å². The molecule has 2 aromatic carbocycles. The van der Waals surface area contributed by atoms with Crippen LogP contribution in [-0.2, 0) is 5.91 Å². The number of ether oxygens (including phenoxy) is 1. The van der Waals surface area contributed by atoms with Crippen molar-refractivity contribution < 1.29 is 14.9 Å². The van der Waals surface area contributed by atoms with Crippen molar-refractivity contribution >= 4 is 35.2 Å². The first-order valence-corrected chi connectivity index (χ1v) is 9.88. The van der Waals surface area contributed by atoms with Crippen molar-refractivity contribution in [2.45, 2.75) is 23.6 Å². The summed E-state index contributed by atoms with van der Waals surface area (Å²) >= 11 is 7.57. The fourth-order valence-electron chi connectivity index (χ4n) is 2.81. The molecule has 0 saturated heterocycles. The molecular formula is C20H18ClN3O3S. The lowest BCUT2D eigenvalue weighted by Crippen LogP contribution is -2.34. The number of hydrogen-bond acceptors (Lipinski definition) is 5. The van der Waals surface area contributed by atoms with Gasteiger partial charge in [-0.1, -0.05) is 54.1 Å². The third kappa shape index (κ3) is 4.02. The zero-order valence-corrected chi connectivity index (χ0v) is 16.3. The molecule has 0 saturated carbocycles. The molecule has 0 spiro atoms. The van der Waals surface area contributed by atoms with E-state index in [4.69, 9.17) is 16.3 Å². The summed E-state index contributed by atoms with van der Waals surface area (Å²) in [4.78, 5) is 4.90. The van der Waals surface area contributed by atoms with E-state index in [2.05, 4.69) is 15.0 Å². The van der Waals surface area contributed by atoms with Crippen LogP contribution in [0, 0.1) is 0 Å². The van der Waals surface area contributed by atoms with Crippen LogP contribution in [0.2, 0.25) is 0 Å². The third-order valence-electron chi connectivity index (χ3n) is 4.20. The average Bonchev–Trinajstić information content (AvgIpc) is 2.70. The minimum Gasteiger partial charge on any atom is -0.454 e. The Morgan fingerprint density at radius 2 is 1.93 bits per heavy atom. The first kappa shape index (κ1) is 18.9. The number of benzene rings is 2. The van der Waals surface area contributed by atoms with Crippen LogP contribution in [0.25, 0.3) is 0 Å². The Balaban J connectivity index is 1.62. The zero-order chi connectivity index (χ0) is 19.6. The number of aliphatic hydroxyl groups is 2. The van der Waals surface area contributed by atoms with E-state index >= 15 is 0 Å². The smallest absolute Gasteiger partial charge is 0.296 e. The van der Waals surface area contributed by atoms with Crippen molar-refractivity contribution in [3.8, 4) is 5.75 Å². The molecule has 0 atom stereocenters. The van der Waals surface area contributed by atoms with Gasteiger partial charge in [0.1, 0.15) is 5.76 Å². The fraction of sp³-hybridized carbons (Fsp3) is 0.150. The molecule has 0 bridgehead atoms. The van der Waals surface area contributed by atoms with Gasteiger partial charge < -0.3 is 20.3 Å². The van der Waals surface area contributed by atoms with Gasteiger partial charge >= 0.3 is 0 Å². The maximum Gasteiger partial charge on any atom is 0.296 e. The summed E-state index contributed by atoms with van der Waals surface area (Å²) < 4.78 is 8.98. The third-order valence-corrected chi connectivity index (χ3v) is 5.44. The summed E-state index contributed by atoms with van der Waals surface area (Å²) in [5.74, 6) is -1.00. The fourth-order valence-corrected chi connectivity index (χ4v) is 3.72. The predicted molar refractivity (Wildman–Crippen MR) is 111 cm³/mol. The lowest BCUT2D eigenvalue weighted by Gasteiger charge is -2.26. The number of fused-ring (bicyclic) bond motifs is 1. The SMILES string of the molecule is OC(O)(/N=C1\NSc2cccc(OC3=C(Cl)CCC=C3)c2N1)c1ccccc1. The molecule has 0 aromatic heterocycles. The monoisotopic (exact) mass is 415 g/mol. The highest BCUT2D eigenvalue weighted by Gasteiger charge is 2.28. The molecule has 2 aromatic rings. The molecule has 2 aliphatic rings. The Morgan fingerprint density at radius 1 is 1.11 bits per heavy atom. The summed E-state index contributed by atoms with van der Waals surface area (Å²) in [6.45, 7) is 0. The molecule has 1 aliphatic carbocycles. The highest BCUT2D eigenvalue weighted by atomic mass is 35.5. The molecule has 6 nitrogen and oxygen atoms in total. The van der Waals surface area contributed by atoms with Gasteiger partial charge in [0.15, 0.2) is 5.75 Å². The standard InChI is InChI=1S/C20H18ClN3O3S/c21-14-9-4-5-10-15(14)27-16-11-6-12-17-18(16)22-19(24-28-17)23-20(25,26)13-7-2-1-3-8-13/h1-3,5-8,10-12,25-26H,4,9H2,(H2,22,23,24). The number of nitrogens with one attached hydrogen (secondary N) is 2. The molecule has 28 heavy (non-hydrogen) atoms. The lowest BCUT2D eigenvalue weighted by atomic mass is 10.1. The van der Waals surface area contributed by atoms with E-state index < -0.39 is 5.91 Å². The lowest BCUT2D eigenvalue weighted by molar-refractivity contribution is -0.161. The minimum atomic E-state index is -2.37. The molecular weight excluding hydrogens is 398 g/mol. The second-order valence-electron chi connectivity index (χ2n) is 6.23. The Hall–Kier alpha value is -2.45. The van der Waals surface area contributed by atoms with Crippen LogP contribution >= 0.6 is 23.5 Å². The van der Waals surface area contributed by atoms with E-state index in [0.29, 0.717) is 22.2 Å². The Labute approximate surface area is 171 Å². The van der Waals surface area contributed by atoms with E-state index in [1.807, 2.05) is 30.4 Å². The molecule has 1 heterocycles. The Kier molecular flexibility index (Phi) is 5.32. The number of aliphatic imine (C=N–C) groups is 1. The summed E-state index contributed by atoms with van der Waals surface area (Å²) in [7, 11) is 0. The number of nitrogens with zero attached hydrogens (tertiary/aromatic N) is 1. The van der Waals surface area contributed by atoms with Gasteiger partial charge in [0.05, 0.1) is 15.6 Å². The topological polar surface area (TPSA) is 86.1 Å². The Morgan fingerprint density at radius 3 is 2.71 bits per heavy atom. The molecule has 0 radical (unpaired) electrons. The Bertz CT molecular complexity index is 974. The summed E-state index contributed by atoms with van der Waals surface area (Å²) in [6, 6.07) is 14.0. The number of guanidine groups is 1. The van der Waals surface area contributed by atoms with E-state index in [9.17, 15) is 10.2 Å². The number of halogens is 1. The number of anilines is 1. The maximum absolute atomic E-state index is 10.4. The molecule has 0 amide bonds. The summed E-state index contributed by atoms with van der Waals surface area (Å²) in [5, 5.41) is 24.5. The largest absolute Gasteiger partial charge is 0.454 e. The van der Waals surface area contributed by atoms with Crippen molar-refractivity contribution in [3.63, 3.8) is 0 Å². The number of allylic oxidation sites excluding steroid dienone is 3. The van der Waals surface area contributed by atoms with Crippen molar-refractivity contribution in [1.82, 2.24) is 4.72 Å². The molecule has 8 heteroatoms. The number of rotatable bonds is 4. The van der Waals surface area contributed by atoms with Gasteiger partial charge in [0.2, 0.25) is 5.96 Å². The quantitative estimate of drug-likeness (QED) is 0.445. The zero-order valence-electron chi connectivity index (χ0n) is 14.7. The van der Waals surface area contributed by atoms with E-state index in [1.54, 1.807) is 30.3 Å². The molecule has 144 valence electrons. The van der Waals surface area contributed by atoms with Crippen LogP contribution < -0.4 is 14.8 Å². The van der Waals surface area contributed by atoms with Crippen LogP contribution in [0.4, 0.5) is 5.69 Å². The van der Waals surface area contributed by atoms with E-state index in [-0.39, 0.29) is 11.5 Å². The van der Waals surface area contributed by atoms with Gasteiger partial charge in [-0.3, -0.25) is 4.72 Å². The van der Waals surface area contributed by atoms with Crippen LogP contribution in [0.3, 0.4) is 0 Å². The van der Waals surface area contributed by atoms with Crippen molar-refractivity contribution in [3.05, 3.63) is 77.0 Å². The number of para-hydroxylation sites is 1. The summed E-state index contributed by atoms with van der Waals surface area (Å²) in [6.07, 6.45) is 5.50. The predicted octanol–water partition coefficient (Wildman–Crippen LogP) is 4.04. The second kappa shape index (κ2) is 7.89. The molecule has 4 rings (SSSR count). The highest BCUT2D eigenvalue weighted by molar-refractivity contribution is 7.98. The molecule has 4 N–H and O–H groups in total. The second-order valence-corrected chi connectivity index (χ2v) is 7.54. The van der Waals surface area contributed by atoms with Crippen LogP contribution in [0.15, 0.2) is 81.4 Å². The van der Waals surface area contributed by atoms with Crippen LogP contribution in [-0.4, -0.2) is 16.2 Å². The van der Waals surface area contributed by atoms with Crippen LogP contribution in [0.1, 0.15) is 18.4 Å². The van der Waals surface area contributed by atoms with Crippen molar-refractivity contribution in [2.24, 2.45) is 4.99 Å². The number of hydrogen-bond donors (Lipinski definition) is 4.